The Hall–Kier alpha value is -3.87. The lowest BCUT2D eigenvalue weighted by molar-refractivity contribution is -0.111. The monoisotopic (exact) mass is 360 g/mol. The number of benzene rings is 2. The van der Waals surface area contributed by atoms with E-state index >= 15 is 0 Å². The van der Waals surface area contributed by atoms with Crippen LogP contribution >= 0.6 is 0 Å². The van der Waals surface area contributed by atoms with Crippen LogP contribution in [0.25, 0.3) is 22.8 Å². The minimum atomic E-state index is -0.256. The molecule has 0 aliphatic rings. The average molecular weight is 360 g/mol. The Balaban J connectivity index is 1.52. The number of nitrogens with one attached hydrogen (secondary N) is 1. The molecule has 1 N–H and O–H groups in total. The molecule has 0 saturated carbocycles. The molecule has 4 aromatic rings. The third-order valence-electron chi connectivity index (χ3n) is 3.89. The van der Waals surface area contributed by atoms with Gasteiger partial charge in [-0.25, -0.2) is 0 Å². The number of carbonyl (C=O) groups is 1. The molecule has 0 radical (unpaired) electrons. The molecule has 2 aromatic heterocycles. The second kappa shape index (κ2) is 7.17. The molecule has 7 nitrogen and oxygen atoms in total. The van der Waals surface area contributed by atoms with Crippen molar-refractivity contribution in [2.45, 2.75) is 0 Å². The molecule has 0 fully saturated rings. The van der Waals surface area contributed by atoms with Crippen LogP contribution in [0.15, 0.2) is 71.4 Å². The molecule has 4 rings (SSSR count). The molecule has 2 heterocycles. The van der Waals surface area contributed by atoms with Crippen molar-refractivity contribution in [3.05, 3.63) is 72.7 Å². The van der Waals surface area contributed by atoms with Crippen LogP contribution in [0.5, 0.6) is 5.75 Å². The quantitative estimate of drug-likeness (QED) is 0.549. The minimum absolute atomic E-state index is 0.256. The largest absolute Gasteiger partial charge is 0.497 e. The summed E-state index contributed by atoms with van der Waals surface area (Å²) in [6.07, 6.45) is 4.57. The number of hydrogen-bond acceptors (Lipinski definition) is 5. The van der Waals surface area contributed by atoms with Gasteiger partial charge < -0.3 is 14.5 Å². The molecule has 1 amide bonds. The molecule has 0 bridgehead atoms. The second-order valence-electron chi connectivity index (χ2n) is 5.73. The standard InChI is InChI=1S/C20H16N4O3/c1-26-16-7-5-15(6-8-16)24-22-18-10-4-14(13-19(18)23-24)21-20(25)11-9-17-3-2-12-27-17/h2-13H,1H3,(H,21,25)/b11-9-. The lowest BCUT2D eigenvalue weighted by Gasteiger charge is -2.01. The van der Waals surface area contributed by atoms with Crippen LogP contribution in [0, 0.1) is 0 Å². The van der Waals surface area contributed by atoms with E-state index in [0.29, 0.717) is 17.0 Å². The molecule has 0 saturated heterocycles. The van der Waals surface area contributed by atoms with Crippen LogP contribution in [0.1, 0.15) is 5.76 Å². The van der Waals surface area contributed by atoms with E-state index < -0.39 is 0 Å². The van der Waals surface area contributed by atoms with Gasteiger partial charge in [0.25, 0.3) is 0 Å². The summed E-state index contributed by atoms with van der Waals surface area (Å²) < 4.78 is 10.3. The molecule has 0 spiro atoms. The topological polar surface area (TPSA) is 82.2 Å². The van der Waals surface area contributed by atoms with E-state index in [9.17, 15) is 4.79 Å². The third-order valence-corrected chi connectivity index (χ3v) is 3.89. The molecule has 0 aliphatic carbocycles. The number of ether oxygens (including phenoxy) is 1. The zero-order valence-electron chi connectivity index (χ0n) is 14.5. The molecule has 0 unspecified atom stereocenters. The molecule has 134 valence electrons. The molecular formula is C20H16N4O3. The van der Waals surface area contributed by atoms with Crippen molar-refractivity contribution in [1.82, 2.24) is 15.0 Å². The fourth-order valence-corrected chi connectivity index (χ4v) is 2.55. The highest BCUT2D eigenvalue weighted by molar-refractivity contribution is 6.02. The van der Waals surface area contributed by atoms with E-state index in [4.69, 9.17) is 9.15 Å². The predicted molar refractivity (Wildman–Crippen MR) is 102 cm³/mol. The fraction of sp³-hybridized carbons (Fsp3) is 0.0500. The van der Waals surface area contributed by atoms with Crippen molar-refractivity contribution in [3.63, 3.8) is 0 Å². The van der Waals surface area contributed by atoms with E-state index in [2.05, 4.69) is 15.5 Å². The second-order valence-corrected chi connectivity index (χ2v) is 5.73. The first kappa shape index (κ1) is 16.6. The van der Waals surface area contributed by atoms with Crippen LogP contribution in [0.3, 0.4) is 0 Å². The van der Waals surface area contributed by atoms with Crippen LogP contribution < -0.4 is 10.1 Å². The highest BCUT2D eigenvalue weighted by Crippen LogP contribution is 2.19. The maximum absolute atomic E-state index is 12.0. The summed E-state index contributed by atoms with van der Waals surface area (Å²) in [6.45, 7) is 0. The summed E-state index contributed by atoms with van der Waals surface area (Å²) in [7, 11) is 1.62. The van der Waals surface area contributed by atoms with Gasteiger partial charge in [-0.2, -0.15) is 4.80 Å². The average Bonchev–Trinajstić information content (AvgIpc) is 3.36. The maximum atomic E-state index is 12.0. The number of fused-ring (bicyclic) bond motifs is 1. The molecule has 0 aliphatic heterocycles. The summed E-state index contributed by atoms with van der Waals surface area (Å²) >= 11 is 0. The molecule has 2 aromatic carbocycles. The Morgan fingerprint density at radius 3 is 2.67 bits per heavy atom. The fourth-order valence-electron chi connectivity index (χ4n) is 2.55. The number of aromatic nitrogens is 3. The van der Waals surface area contributed by atoms with E-state index in [1.165, 1.54) is 6.08 Å². The minimum Gasteiger partial charge on any atom is -0.497 e. The molecule has 7 heteroatoms. The Bertz CT molecular complexity index is 1100. The molecule has 0 atom stereocenters. The maximum Gasteiger partial charge on any atom is 0.248 e. The third kappa shape index (κ3) is 3.72. The zero-order chi connectivity index (χ0) is 18.6. The van der Waals surface area contributed by atoms with Gasteiger partial charge >= 0.3 is 0 Å². The SMILES string of the molecule is COc1ccc(-n2nc3ccc(NC(=O)/C=C\c4ccco4)cc3n2)cc1. The molecule has 27 heavy (non-hydrogen) atoms. The highest BCUT2D eigenvalue weighted by atomic mass is 16.5. The first-order valence-corrected chi connectivity index (χ1v) is 8.25. The highest BCUT2D eigenvalue weighted by Gasteiger charge is 2.07. The number of methoxy groups -OCH3 is 1. The van der Waals surface area contributed by atoms with E-state index in [1.54, 1.807) is 48.5 Å². The van der Waals surface area contributed by atoms with Gasteiger partial charge in [0, 0.05) is 11.8 Å². The van der Waals surface area contributed by atoms with Gasteiger partial charge in [0.05, 0.1) is 19.1 Å². The number of furan rings is 1. The van der Waals surface area contributed by atoms with Crippen LogP contribution in [0.4, 0.5) is 5.69 Å². The molecular weight excluding hydrogens is 344 g/mol. The first-order valence-electron chi connectivity index (χ1n) is 8.25. The number of anilines is 1. The summed E-state index contributed by atoms with van der Waals surface area (Å²) in [4.78, 5) is 13.6. The Kier molecular flexibility index (Phi) is 4.40. The number of amides is 1. The van der Waals surface area contributed by atoms with Gasteiger partial charge in [-0.1, -0.05) is 0 Å². The predicted octanol–water partition coefficient (Wildman–Crippen LogP) is 3.67. The summed E-state index contributed by atoms with van der Waals surface area (Å²) in [5, 5.41) is 11.7. The number of rotatable bonds is 5. The van der Waals surface area contributed by atoms with Gasteiger partial charge in [0.2, 0.25) is 5.91 Å². The number of nitrogens with zero attached hydrogens (tertiary/aromatic N) is 3. The van der Waals surface area contributed by atoms with Crippen LogP contribution in [-0.2, 0) is 4.79 Å². The lowest BCUT2D eigenvalue weighted by atomic mass is 10.2. The summed E-state index contributed by atoms with van der Waals surface area (Å²) in [5.74, 6) is 1.12. The summed E-state index contributed by atoms with van der Waals surface area (Å²) in [5.41, 5.74) is 2.87. The lowest BCUT2D eigenvalue weighted by Crippen LogP contribution is -2.07. The number of carbonyl (C=O) groups excluding carboxylic acids is 1. The van der Waals surface area contributed by atoms with Crippen molar-refractivity contribution in [2.24, 2.45) is 0 Å². The van der Waals surface area contributed by atoms with E-state index in [0.717, 1.165) is 17.0 Å². The van der Waals surface area contributed by atoms with Gasteiger partial charge in [-0.3, -0.25) is 4.79 Å². The van der Waals surface area contributed by atoms with Crippen molar-refractivity contribution >= 4 is 28.7 Å². The van der Waals surface area contributed by atoms with Gasteiger partial charge in [0.1, 0.15) is 22.5 Å². The normalized spacial score (nSPS) is 11.1. The smallest absolute Gasteiger partial charge is 0.248 e. The Labute approximate surface area is 154 Å². The Morgan fingerprint density at radius 1 is 1.11 bits per heavy atom. The van der Waals surface area contributed by atoms with Crippen LogP contribution in [0.2, 0.25) is 0 Å². The van der Waals surface area contributed by atoms with Crippen molar-refractivity contribution in [2.75, 3.05) is 12.4 Å². The van der Waals surface area contributed by atoms with Crippen LogP contribution in [-0.4, -0.2) is 28.0 Å². The summed E-state index contributed by atoms with van der Waals surface area (Å²) in [6, 6.07) is 16.4. The van der Waals surface area contributed by atoms with Crippen molar-refractivity contribution < 1.29 is 13.9 Å². The van der Waals surface area contributed by atoms with E-state index in [1.807, 2.05) is 30.3 Å². The van der Waals surface area contributed by atoms with E-state index in [-0.39, 0.29) is 5.91 Å². The first-order chi connectivity index (χ1) is 13.2. The number of hydrogen-bond donors (Lipinski definition) is 1. The van der Waals surface area contributed by atoms with Gasteiger partial charge in [-0.15, -0.1) is 10.2 Å². The Morgan fingerprint density at radius 2 is 1.93 bits per heavy atom. The van der Waals surface area contributed by atoms with Crippen molar-refractivity contribution in [1.29, 1.82) is 0 Å². The van der Waals surface area contributed by atoms with Gasteiger partial charge in [0.15, 0.2) is 0 Å². The zero-order valence-corrected chi connectivity index (χ0v) is 14.5. The van der Waals surface area contributed by atoms with Crippen molar-refractivity contribution in [3.8, 4) is 11.4 Å². The van der Waals surface area contributed by atoms with Gasteiger partial charge in [-0.05, 0) is 60.7 Å².